The van der Waals surface area contributed by atoms with Gasteiger partial charge < -0.3 is 20.4 Å². The molecule has 0 aromatic rings. The quantitative estimate of drug-likeness (QED) is 0.633. The fraction of sp³-hybridized carbons (Fsp3) is 1.00. The van der Waals surface area contributed by atoms with E-state index in [9.17, 15) is 10.2 Å². The van der Waals surface area contributed by atoms with Crippen molar-refractivity contribution in [3.8, 4) is 0 Å². The number of nitrogens with zero attached hydrogens (tertiary/aromatic N) is 1. The molecule has 1 saturated heterocycles. The first-order chi connectivity index (χ1) is 8.54. The van der Waals surface area contributed by atoms with Crippen molar-refractivity contribution in [3.63, 3.8) is 0 Å². The molecule has 0 spiro atoms. The highest BCUT2D eigenvalue weighted by molar-refractivity contribution is 4.88. The van der Waals surface area contributed by atoms with Crippen molar-refractivity contribution in [2.45, 2.75) is 51.6 Å². The summed E-state index contributed by atoms with van der Waals surface area (Å²) >= 11 is 0. The lowest BCUT2D eigenvalue weighted by Gasteiger charge is -2.38. The lowest BCUT2D eigenvalue weighted by atomic mass is 9.88. The number of aliphatic hydroxyl groups is 2. The molecule has 0 aromatic heterocycles. The Kier molecular flexibility index (Phi) is 6.57. The smallest absolute Gasteiger partial charge is 0.0633 e. The number of aliphatic hydroxyl groups excluding tert-OH is 2. The summed E-state index contributed by atoms with van der Waals surface area (Å²) in [5, 5.41) is 22.0. The van der Waals surface area contributed by atoms with E-state index in [1.165, 1.54) is 38.9 Å². The largest absolute Gasteiger partial charge is 0.394 e. The van der Waals surface area contributed by atoms with Crippen LogP contribution in [-0.2, 0) is 0 Å². The molecule has 1 fully saturated rings. The molecule has 108 valence electrons. The summed E-state index contributed by atoms with van der Waals surface area (Å²) in [6, 6.07) is 0.345. The molecule has 0 aliphatic carbocycles. The second-order valence-electron chi connectivity index (χ2n) is 5.99. The van der Waals surface area contributed by atoms with Crippen molar-refractivity contribution in [3.05, 3.63) is 0 Å². The summed E-state index contributed by atoms with van der Waals surface area (Å²) in [7, 11) is 0. The Morgan fingerprint density at radius 2 is 1.83 bits per heavy atom. The van der Waals surface area contributed by atoms with Gasteiger partial charge in [-0.2, -0.15) is 0 Å². The molecule has 0 bridgehead atoms. The molecule has 4 nitrogen and oxygen atoms in total. The summed E-state index contributed by atoms with van der Waals surface area (Å²) in [6.45, 7) is 9.78. The molecule has 0 saturated carbocycles. The van der Waals surface area contributed by atoms with Crippen molar-refractivity contribution >= 4 is 0 Å². The van der Waals surface area contributed by atoms with Crippen LogP contribution in [0.1, 0.15) is 40.0 Å². The van der Waals surface area contributed by atoms with E-state index in [0.717, 1.165) is 0 Å². The van der Waals surface area contributed by atoms with Gasteiger partial charge in [-0.3, -0.25) is 0 Å². The second-order valence-corrected chi connectivity index (χ2v) is 5.99. The molecule has 0 aromatic carbocycles. The first-order valence-electron chi connectivity index (χ1n) is 7.26. The van der Waals surface area contributed by atoms with E-state index in [2.05, 4.69) is 24.1 Å². The summed E-state index contributed by atoms with van der Waals surface area (Å²) in [5.74, 6) is 0.649. The summed E-state index contributed by atoms with van der Waals surface area (Å²) < 4.78 is 0. The molecule has 18 heavy (non-hydrogen) atoms. The third-order valence-corrected chi connectivity index (χ3v) is 4.15. The topological polar surface area (TPSA) is 55.7 Å². The van der Waals surface area contributed by atoms with E-state index in [1.807, 2.05) is 6.92 Å². The highest BCUT2D eigenvalue weighted by Crippen LogP contribution is 2.22. The van der Waals surface area contributed by atoms with E-state index in [0.29, 0.717) is 12.0 Å². The number of rotatable bonds is 7. The predicted molar refractivity (Wildman–Crippen MR) is 74.6 cm³/mol. The molecular weight excluding hydrogens is 228 g/mol. The highest BCUT2D eigenvalue weighted by Gasteiger charge is 2.29. The monoisotopic (exact) mass is 258 g/mol. The number of likely N-dealkylation sites (tertiary alicyclic amines) is 1. The van der Waals surface area contributed by atoms with Gasteiger partial charge in [-0.25, -0.2) is 0 Å². The summed E-state index contributed by atoms with van der Waals surface area (Å²) in [6.07, 6.45) is 3.65. The highest BCUT2D eigenvalue weighted by atomic mass is 16.3. The SMILES string of the molecule is CCCN1CCC(C(C)NC(C)(CO)CO)CC1. The third-order valence-electron chi connectivity index (χ3n) is 4.15. The molecule has 3 N–H and O–H groups in total. The van der Waals surface area contributed by atoms with Crippen LogP contribution in [0.25, 0.3) is 0 Å². The zero-order valence-corrected chi connectivity index (χ0v) is 12.2. The van der Waals surface area contributed by atoms with Gasteiger partial charge in [0.05, 0.1) is 18.8 Å². The van der Waals surface area contributed by atoms with Crippen LogP contribution in [0.4, 0.5) is 0 Å². The number of hydrogen-bond donors (Lipinski definition) is 3. The zero-order chi connectivity index (χ0) is 13.6. The Bertz CT molecular complexity index is 224. The van der Waals surface area contributed by atoms with Crippen molar-refractivity contribution in [2.75, 3.05) is 32.8 Å². The fourth-order valence-corrected chi connectivity index (χ4v) is 2.80. The minimum Gasteiger partial charge on any atom is -0.394 e. The van der Waals surface area contributed by atoms with Gasteiger partial charge in [-0.1, -0.05) is 6.92 Å². The van der Waals surface area contributed by atoms with E-state index in [1.54, 1.807) is 0 Å². The van der Waals surface area contributed by atoms with Crippen LogP contribution in [-0.4, -0.2) is 59.5 Å². The minimum absolute atomic E-state index is 0.0253. The van der Waals surface area contributed by atoms with Gasteiger partial charge in [0.15, 0.2) is 0 Å². The van der Waals surface area contributed by atoms with Crippen LogP contribution < -0.4 is 5.32 Å². The molecular formula is C14H30N2O2. The van der Waals surface area contributed by atoms with Crippen LogP contribution >= 0.6 is 0 Å². The van der Waals surface area contributed by atoms with Crippen molar-refractivity contribution < 1.29 is 10.2 Å². The first kappa shape index (κ1) is 15.9. The number of piperidine rings is 1. The van der Waals surface area contributed by atoms with Gasteiger partial charge in [-0.05, 0) is 58.7 Å². The molecule has 1 aliphatic heterocycles. The van der Waals surface area contributed by atoms with Gasteiger partial charge >= 0.3 is 0 Å². The fourth-order valence-electron chi connectivity index (χ4n) is 2.80. The Morgan fingerprint density at radius 3 is 2.28 bits per heavy atom. The van der Waals surface area contributed by atoms with Crippen molar-refractivity contribution in [1.82, 2.24) is 10.2 Å². The van der Waals surface area contributed by atoms with E-state index >= 15 is 0 Å². The third kappa shape index (κ3) is 4.50. The molecule has 0 radical (unpaired) electrons. The first-order valence-corrected chi connectivity index (χ1v) is 7.26. The number of hydrogen-bond acceptors (Lipinski definition) is 4. The van der Waals surface area contributed by atoms with Crippen LogP contribution in [0.3, 0.4) is 0 Å². The lowest BCUT2D eigenvalue weighted by molar-refractivity contribution is 0.0769. The van der Waals surface area contributed by atoms with Gasteiger partial charge in [-0.15, -0.1) is 0 Å². The minimum atomic E-state index is -0.556. The maximum absolute atomic E-state index is 9.31. The van der Waals surface area contributed by atoms with Crippen LogP contribution in [0.5, 0.6) is 0 Å². The normalized spacial score (nSPS) is 21.2. The molecule has 1 aliphatic rings. The molecule has 1 atom stereocenters. The summed E-state index contributed by atoms with van der Waals surface area (Å²) in [5.41, 5.74) is -0.556. The van der Waals surface area contributed by atoms with E-state index in [-0.39, 0.29) is 13.2 Å². The molecule has 4 heteroatoms. The average Bonchev–Trinajstić information content (AvgIpc) is 2.39. The van der Waals surface area contributed by atoms with Crippen molar-refractivity contribution in [1.29, 1.82) is 0 Å². The average molecular weight is 258 g/mol. The van der Waals surface area contributed by atoms with Crippen LogP contribution in [0.15, 0.2) is 0 Å². The predicted octanol–water partition coefficient (Wildman–Crippen LogP) is 0.830. The molecule has 1 heterocycles. The zero-order valence-electron chi connectivity index (χ0n) is 12.2. The maximum Gasteiger partial charge on any atom is 0.0633 e. The molecule has 1 unspecified atom stereocenters. The van der Waals surface area contributed by atoms with Gasteiger partial charge in [0.25, 0.3) is 0 Å². The Morgan fingerprint density at radius 1 is 1.28 bits per heavy atom. The summed E-state index contributed by atoms with van der Waals surface area (Å²) in [4.78, 5) is 2.53. The van der Waals surface area contributed by atoms with Gasteiger partial charge in [0, 0.05) is 6.04 Å². The second kappa shape index (κ2) is 7.43. The van der Waals surface area contributed by atoms with E-state index in [4.69, 9.17) is 0 Å². The Balaban J connectivity index is 2.38. The van der Waals surface area contributed by atoms with Gasteiger partial charge in [0.1, 0.15) is 0 Å². The Labute approximate surface area is 111 Å². The molecule has 1 rings (SSSR count). The maximum atomic E-state index is 9.31. The van der Waals surface area contributed by atoms with Gasteiger partial charge in [0.2, 0.25) is 0 Å². The van der Waals surface area contributed by atoms with E-state index < -0.39 is 5.54 Å². The lowest BCUT2D eigenvalue weighted by Crippen LogP contribution is -2.55. The van der Waals surface area contributed by atoms with Crippen LogP contribution in [0.2, 0.25) is 0 Å². The Hall–Kier alpha value is -0.160. The molecule has 0 amide bonds. The standard InChI is InChI=1S/C14H30N2O2/c1-4-7-16-8-5-13(6-9-16)12(2)15-14(3,10-17)11-18/h12-13,15,17-18H,4-11H2,1-3H3. The number of nitrogens with one attached hydrogen (secondary N) is 1. The van der Waals surface area contributed by atoms with Crippen molar-refractivity contribution in [2.24, 2.45) is 5.92 Å². The van der Waals surface area contributed by atoms with Crippen LogP contribution in [0, 0.1) is 5.92 Å².